The molecule has 0 saturated carbocycles. The highest BCUT2D eigenvalue weighted by Crippen LogP contribution is 2.25. The second kappa shape index (κ2) is 5.01. The van der Waals surface area contributed by atoms with Crippen LogP contribution in [0.1, 0.15) is 11.4 Å². The summed E-state index contributed by atoms with van der Waals surface area (Å²) < 4.78 is 15.5. The molecular formula is C12H13BrFN3O2. The molecule has 2 rings (SSSR count). The van der Waals surface area contributed by atoms with E-state index in [4.69, 9.17) is 0 Å². The van der Waals surface area contributed by atoms with E-state index >= 15 is 0 Å². The third-order valence-electron chi connectivity index (χ3n) is 2.70. The Morgan fingerprint density at radius 1 is 1.42 bits per heavy atom. The fourth-order valence-electron chi connectivity index (χ4n) is 1.72. The topological polar surface area (TPSA) is 70.3 Å². The third kappa shape index (κ3) is 2.55. The molecule has 0 radical (unpaired) electrons. The summed E-state index contributed by atoms with van der Waals surface area (Å²) in [4.78, 5) is 0. The van der Waals surface area contributed by atoms with Crippen LogP contribution in [0.2, 0.25) is 0 Å². The molecule has 102 valence electrons. The van der Waals surface area contributed by atoms with Crippen LogP contribution in [0.25, 0.3) is 5.69 Å². The zero-order valence-corrected chi connectivity index (χ0v) is 11.9. The maximum Gasteiger partial charge on any atom is 0.268 e. The predicted octanol–water partition coefficient (Wildman–Crippen LogP) is 1.40. The average Bonchev–Trinajstić information content (AvgIpc) is 2.75. The molecule has 0 unspecified atom stereocenters. The molecule has 0 aliphatic rings. The van der Waals surface area contributed by atoms with Crippen molar-refractivity contribution in [2.24, 2.45) is 0 Å². The summed E-state index contributed by atoms with van der Waals surface area (Å²) in [5, 5.41) is 26.1. The van der Waals surface area contributed by atoms with Crippen molar-refractivity contribution in [2.75, 3.05) is 7.05 Å². The Balaban J connectivity index is 2.66. The van der Waals surface area contributed by atoms with Gasteiger partial charge in [-0.2, -0.15) is 5.10 Å². The Bertz CT molecular complexity index is 613. The van der Waals surface area contributed by atoms with Crippen LogP contribution in [0.5, 0.6) is 0 Å². The Morgan fingerprint density at radius 3 is 2.74 bits per heavy atom. The van der Waals surface area contributed by atoms with Gasteiger partial charge in [-0.15, -0.1) is 0 Å². The Labute approximate surface area is 117 Å². The fraction of sp³-hybridized carbons (Fsp3) is 0.250. The maximum atomic E-state index is 14.1. The van der Waals surface area contributed by atoms with Crippen LogP contribution in [-0.2, 0) is 5.91 Å². The largest absolute Gasteiger partial charge is 0.348 e. The number of aromatic nitrogens is 2. The molecule has 0 amide bonds. The highest BCUT2D eigenvalue weighted by molar-refractivity contribution is 9.10. The van der Waals surface area contributed by atoms with Crippen molar-refractivity contribution in [3.05, 3.63) is 45.9 Å². The summed E-state index contributed by atoms with van der Waals surface area (Å²) in [5.74, 6) is -2.82. The van der Waals surface area contributed by atoms with Gasteiger partial charge in [0.05, 0.1) is 10.2 Å². The smallest absolute Gasteiger partial charge is 0.268 e. The molecule has 5 nitrogen and oxygen atoms in total. The number of aryl methyl sites for hydroxylation is 1. The lowest BCUT2D eigenvalue weighted by Gasteiger charge is -2.21. The maximum absolute atomic E-state index is 14.1. The standard InChI is InChI=1S/C12H13BrFN3O2/c1-7-6-10(12(18,19)15-2)17(16-7)9-5-3-4-8(13)11(9)14/h3-6,15,18-19H,1-2H3. The lowest BCUT2D eigenvalue weighted by Crippen LogP contribution is -2.41. The minimum atomic E-state index is -2.30. The summed E-state index contributed by atoms with van der Waals surface area (Å²) in [6.45, 7) is 1.68. The minimum Gasteiger partial charge on any atom is -0.348 e. The lowest BCUT2D eigenvalue weighted by atomic mass is 10.2. The molecule has 2 aromatic rings. The van der Waals surface area contributed by atoms with E-state index in [1.54, 1.807) is 19.1 Å². The van der Waals surface area contributed by atoms with Crippen molar-refractivity contribution in [3.63, 3.8) is 0 Å². The van der Waals surface area contributed by atoms with Gasteiger partial charge in [-0.1, -0.05) is 6.07 Å². The van der Waals surface area contributed by atoms with E-state index in [9.17, 15) is 14.6 Å². The van der Waals surface area contributed by atoms with Gasteiger partial charge < -0.3 is 10.2 Å². The van der Waals surface area contributed by atoms with Gasteiger partial charge in [0.25, 0.3) is 5.91 Å². The van der Waals surface area contributed by atoms with E-state index in [0.717, 1.165) is 4.68 Å². The van der Waals surface area contributed by atoms with Gasteiger partial charge in [0, 0.05) is 0 Å². The van der Waals surface area contributed by atoms with Crippen molar-refractivity contribution in [3.8, 4) is 5.69 Å². The number of halogens is 2. The second-order valence-corrected chi connectivity index (χ2v) is 4.93. The van der Waals surface area contributed by atoms with Gasteiger partial charge in [0.2, 0.25) is 0 Å². The first-order valence-corrected chi connectivity index (χ1v) is 6.31. The van der Waals surface area contributed by atoms with Gasteiger partial charge in [-0.05, 0) is 48.1 Å². The molecule has 1 heterocycles. The summed E-state index contributed by atoms with van der Waals surface area (Å²) in [6.07, 6.45) is 0. The van der Waals surface area contributed by atoms with Gasteiger partial charge in [0.15, 0.2) is 5.82 Å². The first kappa shape index (κ1) is 14.1. The molecule has 0 bridgehead atoms. The molecule has 0 spiro atoms. The summed E-state index contributed by atoms with van der Waals surface area (Å²) in [5.41, 5.74) is 0.696. The highest BCUT2D eigenvalue weighted by Gasteiger charge is 2.30. The van der Waals surface area contributed by atoms with Crippen molar-refractivity contribution < 1.29 is 14.6 Å². The van der Waals surface area contributed by atoms with Crippen LogP contribution >= 0.6 is 15.9 Å². The van der Waals surface area contributed by atoms with Crippen LogP contribution in [0, 0.1) is 12.7 Å². The number of hydrogen-bond acceptors (Lipinski definition) is 4. The molecule has 1 aromatic carbocycles. The van der Waals surface area contributed by atoms with Gasteiger partial charge in [0.1, 0.15) is 11.4 Å². The average molecular weight is 330 g/mol. The summed E-state index contributed by atoms with van der Waals surface area (Å²) >= 11 is 3.09. The van der Waals surface area contributed by atoms with E-state index in [1.165, 1.54) is 19.2 Å². The zero-order chi connectivity index (χ0) is 14.2. The van der Waals surface area contributed by atoms with Gasteiger partial charge in [-0.25, -0.2) is 9.07 Å². The highest BCUT2D eigenvalue weighted by atomic mass is 79.9. The quantitative estimate of drug-likeness (QED) is 0.744. The van der Waals surface area contributed by atoms with Crippen molar-refractivity contribution >= 4 is 15.9 Å². The number of benzene rings is 1. The normalized spacial score (nSPS) is 11.9. The van der Waals surface area contributed by atoms with E-state index in [0.29, 0.717) is 5.69 Å². The molecule has 0 atom stereocenters. The molecule has 19 heavy (non-hydrogen) atoms. The molecule has 3 N–H and O–H groups in total. The first-order chi connectivity index (χ1) is 8.86. The summed E-state index contributed by atoms with van der Waals surface area (Å²) in [7, 11) is 1.38. The Hall–Kier alpha value is -1.28. The van der Waals surface area contributed by atoms with E-state index in [1.807, 2.05) is 0 Å². The second-order valence-electron chi connectivity index (χ2n) is 4.08. The molecular weight excluding hydrogens is 317 g/mol. The molecule has 0 aliphatic carbocycles. The van der Waals surface area contributed by atoms with Gasteiger partial charge >= 0.3 is 0 Å². The SMILES string of the molecule is CNC(O)(O)c1cc(C)nn1-c1cccc(Br)c1F. The van der Waals surface area contributed by atoms with Crippen LogP contribution in [0.4, 0.5) is 4.39 Å². The van der Waals surface area contributed by atoms with E-state index < -0.39 is 11.7 Å². The van der Waals surface area contributed by atoms with E-state index in [2.05, 4.69) is 26.3 Å². The molecule has 0 aliphatic heterocycles. The van der Waals surface area contributed by atoms with Crippen molar-refractivity contribution in [1.29, 1.82) is 0 Å². The van der Waals surface area contributed by atoms with Crippen LogP contribution in [0.3, 0.4) is 0 Å². The third-order valence-corrected chi connectivity index (χ3v) is 3.31. The molecule has 1 aromatic heterocycles. The number of aliphatic hydroxyl groups is 2. The minimum absolute atomic E-state index is 0.0319. The Kier molecular flexibility index (Phi) is 3.73. The Morgan fingerprint density at radius 2 is 2.11 bits per heavy atom. The van der Waals surface area contributed by atoms with Crippen LogP contribution in [-0.4, -0.2) is 27.0 Å². The molecule has 0 saturated heterocycles. The fourth-order valence-corrected chi connectivity index (χ4v) is 2.07. The molecule has 7 heteroatoms. The van der Waals surface area contributed by atoms with Crippen LogP contribution in [0.15, 0.2) is 28.7 Å². The lowest BCUT2D eigenvalue weighted by molar-refractivity contribution is -0.194. The first-order valence-electron chi connectivity index (χ1n) is 5.52. The molecule has 0 fully saturated rings. The van der Waals surface area contributed by atoms with Gasteiger partial charge in [-0.3, -0.25) is 5.32 Å². The number of nitrogens with one attached hydrogen (secondary N) is 1. The number of nitrogens with zero attached hydrogens (tertiary/aromatic N) is 2. The predicted molar refractivity (Wildman–Crippen MR) is 71.1 cm³/mol. The van der Waals surface area contributed by atoms with Crippen molar-refractivity contribution in [1.82, 2.24) is 15.1 Å². The zero-order valence-electron chi connectivity index (χ0n) is 10.4. The van der Waals surface area contributed by atoms with E-state index in [-0.39, 0.29) is 15.9 Å². The van der Waals surface area contributed by atoms with Crippen molar-refractivity contribution in [2.45, 2.75) is 12.8 Å². The van der Waals surface area contributed by atoms with Crippen LogP contribution < -0.4 is 5.32 Å². The number of rotatable bonds is 3. The number of hydrogen-bond donors (Lipinski definition) is 3. The monoisotopic (exact) mass is 329 g/mol. The summed E-state index contributed by atoms with van der Waals surface area (Å²) in [6, 6.07) is 6.16.